The molecule has 1 saturated heterocycles. The minimum absolute atomic E-state index is 0.0324. The van der Waals surface area contributed by atoms with Crippen LogP contribution < -0.4 is 10.6 Å². The van der Waals surface area contributed by atoms with Gasteiger partial charge in [0.2, 0.25) is 0 Å². The lowest BCUT2D eigenvalue weighted by Crippen LogP contribution is -2.30. The Bertz CT molecular complexity index is 1320. The molecule has 2 N–H and O–H groups in total. The standard InChI is InChI=1S/C32H36N4O2/c1-3-36(4-2)32(38)25-15-18-28-27(21-25)29(31(37)34-28)30(24-11-7-5-8-12-24)33-26-16-13-23(14-17-26)22-35-19-9-6-10-20-35/h5,7-8,11-18,21,33H,3-4,6,9-10,19-20,22H2,1-2H3,(H,34,37)/b30-29-. The Kier molecular flexibility index (Phi) is 7.89. The van der Waals surface area contributed by atoms with Gasteiger partial charge in [0.15, 0.2) is 0 Å². The van der Waals surface area contributed by atoms with Gasteiger partial charge in [0.25, 0.3) is 11.8 Å². The van der Waals surface area contributed by atoms with E-state index in [2.05, 4.69) is 39.8 Å². The molecule has 2 heterocycles. The molecule has 0 saturated carbocycles. The molecule has 0 atom stereocenters. The number of hydrogen-bond donors (Lipinski definition) is 2. The number of likely N-dealkylation sites (tertiary alicyclic amines) is 1. The monoisotopic (exact) mass is 508 g/mol. The molecule has 196 valence electrons. The number of carbonyl (C=O) groups is 2. The van der Waals surface area contributed by atoms with Crippen molar-refractivity contribution in [2.24, 2.45) is 0 Å². The normalized spacial score (nSPS) is 16.5. The maximum absolute atomic E-state index is 13.3. The van der Waals surface area contributed by atoms with Gasteiger partial charge in [-0.3, -0.25) is 14.5 Å². The molecule has 5 rings (SSSR count). The van der Waals surface area contributed by atoms with E-state index < -0.39 is 0 Å². The van der Waals surface area contributed by atoms with Gasteiger partial charge in [-0.15, -0.1) is 0 Å². The second kappa shape index (κ2) is 11.7. The Labute approximate surface area is 225 Å². The predicted octanol–water partition coefficient (Wildman–Crippen LogP) is 6.09. The molecule has 6 nitrogen and oxygen atoms in total. The zero-order valence-electron chi connectivity index (χ0n) is 22.3. The van der Waals surface area contributed by atoms with Gasteiger partial charge in [-0.1, -0.05) is 48.9 Å². The maximum atomic E-state index is 13.3. The van der Waals surface area contributed by atoms with Crippen molar-refractivity contribution in [2.45, 2.75) is 39.7 Å². The highest BCUT2D eigenvalue weighted by atomic mass is 16.2. The quantitative estimate of drug-likeness (QED) is 0.362. The van der Waals surface area contributed by atoms with Crippen LogP contribution >= 0.6 is 0 Å². The van der Waals surface area contributed by atoms with Gasteiger partial charge in [0.05, 0.1) is 11.3 Å². The average molecular weight is 509 g/mol. The number of anilines is 2. The second-order valence-corrected chi connectivity index (χ2v) is 9.97. The summed E-state index contributed by atoms with van der Waals surface area (Å²) < 4.78 is 0. The molecule has 38 heavy (non-hydrogen) atoms. The third kappa shape index (κ3) is 5.50. The van der Waals surface area contributed by atoms with Crippen LogP contribution in [0.15, 0.2) is 72.8 Å². The number of piperidine rings is 1. The van der Waals surface area contributed by atoms with Crippen LogP contribution in [0.25, 0.3) is 11.3 Å². The maximum Gasteiger partial charge on any atom is 0.258 e. The molecule has 2 amide bonds. The van der Waals surface area contributed by atoms with Crippen molar-refractivity contribution < 1.29 is 9.59 Å². The van der Waals surface area contributed by atoms with E-state index in [1.807, 2.05) is 56.3 Å². The third-order valence-electron chi connectivity index (χ3n) is 7.45. The van der Waals surface area contributed by atoms with Crippen molar-refractivity contribution in [3.05, 3.63) is 95.1 Å². The van der Waals surface area contributed by atoms with Crippen molar-refractivity contribution in [2.75, 3.05) is 36.8 Å². The number of fused-ring (bicyclic) bond motifs is 1. The summed E-state index contributed by atoms with van der Waals surface area (Å²) in [5.74, 6) is -0.212. The first-order valence-corrected chi connectivity index (χ1v) is 13.7. The molecule has 1 fully saturated rings. The number of nitrogens with zero attached hydrogens (tertiary/aromatic N) is 2. The van der Waals surface area contributed by atoms with Gasteiger partial charge in [-0.25, -0.2) is 0 Å². The smallest absolute Gasteiger partial charge is 0.258 e. The van der Waals surface area contributed by atoms with Crippen molar-refractivity contribution in [1.82, 2.24) is 9.80 Å². The van der Waals surface area contributed by atoms with Crippen molar-refractivity contribution in [1.29, 1.82) is 0 Å². The number of nitrogens with one attached hydrogen (secondary N) is 2. The Hall–Kier alpha value is -3.90. The summed E-state index contributed by atoms with van der Waals surface area (Å²) in [7, 11) is 0. The Balaban J connectivity index is 1.50. The predicted molar refractivity (Wildman–Crippen MR) is 155 cm³/mol. The van der Waals surface area contributed by atoms with Gasteiger partial charge >= 0.3 is 0 Å². The summed E-state index contributed by atoms with van der Waals surface area (Å²) in [6.07, 6.45) is 3.89. The first kappa shape index (κ1) is 25.7. The second-order valence-electron chi connectivity index (χ2n) is 9.97. The fourth-order valence-corrected chi connectivity index (χ4v) is 5.34. The summed E-state index contributed by atoms with van der Waals surface area (Å²) in [6, 6.07) is 23.8. The summed E-state index contributed by atoms with van der Waals surface area (Å²) in [5.41, 5.74) is 6.40. The van der Waals surface area contributed by atoms with Crippen LogP contribution in [0.4, 0.5) is 11.4 Å². The van der Waals surface area contributed by atoms with Crippen LogP contribution in [0.2, 0.25) is 0 Å². The first-order chi connectivity index (χ1) is 18.6. The van der Waals surface area contributed by atoms with E-state index >= 15 is 0 Å². The molecule has 3 aromatic rings. The molecule has 2 aliphatic heterocycles. The lowest BCUT2D eigenvalue weighted by atomic mass is 9.98. The van der Waals surface area contributed by atoms with Crippen LogP contribution in [0.1, 0.15) is 60.2 Å². The van der Waals surface area contributed by atoms with Crippen molar-refractivity contribution in [3.63, 3.8) is 0 Å². The Morgan fingerprint density at radius 3 is 2.29 bits per heavy atom. The summed E-state index contributed by atoms with van der Waals surface area (Å²) in [5, 5.41) is 6.54. The van der Waals surface area contributed by atoms with E-state index in [1.54, 1.807) is 11.0 Å². The van der Waals surface area contributed by atoms with E-state index in [9.17, 15) is 9.59 Å². The minimum atomic E-state index is -0.180. The highest BCUT2D eigenvalue weighted by Gasteiger charge is 2.30. The number of hydrogen-bond acceptors (Lipinski definition) is 4. The van der Waals surface area contributed by atoms with E-state index in [0.717, 1.165) is 42.1 Å². The van der Waals surface area contributed by atoms with E-state index in [0.29, 0.717) is 29.9 Å². The molecule has 0 unspecified atom stereocenters. The SMILES string of the molecule is CCN(CC)C(=O)c1ccc2c(c1)/C(=C(/Nc1ccc(CN3CCCCC3)cc1)c1ccccc1)C(=O)N2. The number of amides is 2. The van der Waals surface area contributed by atoms with Gasteiger partial charge in [-0.05, 0) is 81.2 Å². The molecule has 0 radical (unpaired) electrons. The van der Waals surface area contributed by atoms with Gasteiger partial charge in [-0.2, -0.15) is 0 Å². The summed E-state index contributed by atoms with van der Waals surface area (Å²) >= 11 is 0. The lowest BCUT2D eigenvalue weighted by molar-refractivity contribution is -0.110. The lowest BCUT2D eigenvalue weighted by Gasteiger charge is -2.26. The molecule has 3 aromatic carbocycles. The molecule has 0 bridgehead atoms. The number of rotatable bonds is 8. The zero-order valence-corrected chi connectivity index (χ0v) is 22.3. The molecule has 2 aliphatic rings. The Morgan fingerprint density at radius 2 is 1.61 bits per heavy atom. The minimum Gasteiger partial charge on any atom is -0.354 e. The highest BCUT2D eigenvalue weighted by molar-refractivity contribution is 6.37. The fraction of sp³-hybridized carbons (Fsp3) is 0.312. The van der Waals surface area contributed by atoms with E-state index in [1.165, 1.54) is 24.8 Å². The fourth-order valence-electron chi connectivity index (χ4n) is 5.34. The third-order valence-corrected chi connectivity index (χ3v) is 7.45. The Morgan fingerprint density at radius 1 is 0.895 bits per heavy atom. The number of benzene rings is 3. The molecule has 0 aromatic heterocycles. The van der Waals surface area contributed by atoms with Crippen LogP contribution in [-0.4, -0.2) is 47.8 Å². The van der Waals surface area contributed by atoms with Crippen LogP contribution in [-0.2, 0) is 11.3 Å². The van der Waals surface area contributed by atoms with Gasteiger partial charge in [0, 0.05) is 42.1 Å². The largest absolute Gasteiger partial charge is 0.354 e. The topological polar surface area (TPSA) is 64.7 Å². The van der Waals surface area contributed by atoms with Crippen LogP contribution in [0.3, 0.4) is 0 Å². The van der Waals surface area contributed by atoms with Crippen molar-refractivity contribution >= 4 is 34.5 Å². The van der Waals surface area contributed by atoms with Crippen LogP contribution in [0, 0.1) is 0 Å². The van der Waals surface area contributed by atoms with Crippen molar-refractivity contribution in [3.8, 4) is 0 Å². The summed E-state index contributed by atoms with van der Waals surface area (Å²) in [6.45, 7) is 8.51. The molecular formula is C32H36N4O2. The zero-order chi connectivity index (χ0) is 26.5. The first-order valence-electron chi connectivity index (χ1n) is 13.7. The molecule has 6 heteroatoms. The average Bonchev–Trinajstić information content (AvgIpc) is 3.29. The van der Waals surface area contributed by atoms with Gasteiger partial charge in [0.1, 0.15) is 0 Å². The van der Waals surface area contributed by atoms with E-state index in [-0.39, 0.29) is 11.8 Å². The molecular weight excluding hydrogens is 472 g/mol. The van der Waals surface area contributed by atoms with E-state index in [4.69, 9.17) is 0 Å². The highest BCUT2D eigenvalue weighted by Crippen LogP contribution is 2.38. The molecule has 0 aliphatic carbocycles. The van der Waals surface area contributed by atoms with Crippen LogP contribution in [0.5, 0.6) is 0 Å². The molecule has 0 spiro atoms. The summed E-state index contributed by atoms with van der Waals surface area (Å²) in [4.78, 5) is 30.7. The van der Waals surface area contributed by atoms with Gasteiger partial charge < -0.3 is 15.5 Å². The number of carbonyl (C=O) groups excluding carboxylic acids is 2.